The minimum Gasteiger partial charge on any atom is -0.378 e. The summed E-state index contributed by atoms with van der Waals surface area (Å²) in [5, 5.41) is 3.38. The van der Waals surface area contributed by atoms with Gasteiger partial charge in [0.1, 0.15) is 0 Å². The summed E-state index contributed by atoms with van der Waals surface area (Å²) in [5.74, 6) is 1.93. The van der Waals surface area contributed by atoms with E-state index >= 15 is 0 Å². The fourth-order valence-corrected chi connectivity index (χ4v) is 2.98. The first-order chi connectivity index (χ1) is 7.84. The van der Waals surface area contributed by atoms with E-state index in [2.05, 4.69) is 12.2 Å². The second-order valence-corrected chi connectivity index (χ2v) is 5.73. The maximum Gasteiger partial charge on any atom is 0.0599 e. The summed E-state index contributed by atoms with van der Waals surface area (Å²) >= 11 is 0. The smallest absolute Gasteiger partial charge is 0.0599 e. The van der Waals surface area contributed by atoms with Crippen molar-refractivity contribution in [2.45, 2.75) is 58.0 Å². The summed E-state index contributed by atoms with van der Waals surface area (Å²) in [6.07, 6.45) is 10.0. The van der Waals surface area contributed by atoms with Crippen LogP contribution in [0.1, 0.15) is 51.9 Å². The van der Waals surface area contributed by atoms with E-state index in [1.807, 2.05) is 0 Å². The standard InChI is InChI=1S/C14H27NO/c1-12-2-4-13(5-3-12)8-11-16-14-6-9-15-10-7-14/h12-15H,2-11H2,1H3. The van der Waals surface area contributed by atoms with E-state index in [0.29, 0.717) is 6.10 Å². The molecule has 1 saturated carbocycles. The number of piperidine rings is 1. The maximum absolute atomic E-state index is 5.97. The van der Waals surface area contributed by atoms with Crippen molar-refractivity contribution in [3.8, 4) is 0 Å². The Labute approximate surface area is 100 Å². The summed E-state index contributed by atoms with van der Waals surface area (Å²) in [6, 6.07) is 0. The fraction of sp³-hybridized carbons (Fsp3) is 1.00. The third-order valence-electron chi connectivity index (χ3n) is 4.30. The zero-order valence-corrected chi connectivity index (χ0v) is 10.7. The van der Waals surface area contributed by atoms with Crippen LogP contribution in [0.15, 0.2) is 0 Å². The molecular weight excluding hydrogens is 198 g/mol. The fourth-order valence-electron chi connectivity index (χ4n) is 2.98. The number of hydrogen-bond acceptors (Lipinski definition) is 2. The van der Waals surface area contributed by atoms with Crippen molar-refractivity contribution in [3.63, 3.8) is 0 Å². The summed E-state index contributed by atoms with van der Waals surface area (Å²) in [4.78, 5) is 0. The molecule has 94 valence electrons. The number of nitrogens with one attached hydrogen (secondary N) is 1. The van der Waals surface area contributed by atoms with Crippen molar-refractivity contribution in [2.24, 2.45) is 11.8 Å². The lowest BCUT2D eigenvalue weighted by molar-refractivity contribution is 0.0224. The molecule has 2 fully saturated rings. The minimum atomic E-state index is 0.545. The van der Waals surface area contributed by atoms with Gasteiger partial charge in [-0.2, -0.15) is 0 Å². The van der Waals surface area contributed by atoms with E-state index in [1.165, 1.54) is 44.9 Å². The largest absolute Gasteiger partial charge is 0.378 e. The first-order valence-electron chi connectivity index (χ1n) is 7.17. The van der Waals surface area contributed by atoms with Crippen molar-refractivity contribution in [1.29, 1.82) is 0 Å². The minimum absolute atomic E-state index is 0.545. The Hall–Kier alpha value is -0.0800. The second-order valence-electron chi connectivity index (χ2n) is 5.73. The zero-order chi connectivity index (χ0) is 11.2. The second kappa shape index (κ2) is 6.61. The van der Waals surface area contributed by atoms with Crippen LogP contribution >= 0.6 is 0 Å². The van der Waals surface area contributed by atoms with Gasteiger partial charge in [0.2, 0.25) is 0 Å². The summed E-state index contributed by atoms with van der Waals surface area (Å²) in [5.41, 5.74) is 0. The molecule has 0 amide bonds. The monoisotopic (exact) mass is 225 g/mol. The first-order valence-corrected chi connectivity index (χ1v) is 7.17. The van der Waals surface area contributed by atoms with Gasteiger partial charge in [0.15, 0.2) is 0 Å². The van der Waals surface area contributed by atoms with Crippen LogP contribution in [0.3, 0.4) is 0 Å². The van der Waals surface area contributed by atoms with Crippen molar-refractivity contribution in [1.82, 2.24) is 5.32 Å². The third kappa shape index (κ3) is 4.06. The van der Waals surface area contributed by atoms with Crippen molar-refractivity contribution < 1.29 is 4.74 Å². The number of ether oxygens (including phenoxy) is 1. The van der Waals surface area contributed by atoms with Gasteiger partial charge in [0.05, 0.1) is 6.10 Å². The average Bonchev–Trinajstić information content (AvgIpc) is 2.33. The maximum atomic E-state index is 5.97. The van der Waals surface area contributed by atoms with Crippen molar-refractivity contribution >= 4 is 0 Å². The normalized spacial score (nSPS) is 32.8. The third-order valence-corrected chi connectivity index (χ3v) is 4.30. The Bertz CT molecular complexity index is 181. The molecule has 0 unspecified atom stereocenters. The Kier molecular flexibility index (Phi) is 5.11. The molecule has 2 rings (SSSR count). The van der Waals surface area contributed by atoms with Crippen LogP contribution in [-0.4, -0.2) is 25.8 Å². The van der Waals surface area contributed by atoms with Gasteiger partial charge in [0.25, 0.3) is 0 Å². The van der Waals surface area contributed by atoms with E-state index in [9.17, 15) is 0 Å². The van der Waals surface area contributed by atoms with E-state index < -0.39 is 0 Å². The highest BCUT2D eigenvalue weighted by molar-refractivity contribution is 4.71. The Morgan fingerprint density at radius 3 is 2.38 bits per heavy atom. The van der Waals surface area contributed by atoms with Crippen LogP contribution in [0.4, 0.5) is 0 Å². The molecule has 0 spiro atoms. The first kappa shape index (κ1) is 12.4. The van der Waals surface area contributed by atoms with E-state index in [-0.39, 0.29) is 0 Å². The van der Waals surface area contributed by atoms with Crippen LogP contribution in [0.2, 0.25) is 0 Å². The summed E-state index contributed by atoms with van der Waals surface area (Å²) in [6.45, 7) is 5.68. The van der Waals surface area contributed by atoms with Gasteiger partial charge in [-0.05, 0) is 44.2 Å². The van der Waals surface area contributed by atoms with E-state index in [0.717, 1.165) is 31.5 Å². The molecule has 0 radical (unpaired) electrons. The van der Waals surface area contributed by atoms with Crippen molar-refractivity contribution in [2.75, 3.05) is 19.7 Å². The predicted molar refractivity (Wildman–Crippen MR) is 67.6 cm³/mol. The van der Waals surface area contributed by atoms with Gasteiger partial charge in [-0.1, -0.05) is 32.6 Å². The molecule has 1 aliphatic carbocycles. The molecule has 1 saturated heterocycles. The lowest BCUT2D eigenvalue weighted by atomic mass is 9.82. The van der Waals surface area contributed by atoms with E-state index in [1.54, 1.807) is 0 Å². The Morgan fingerprint density at radius 2 is 1.69 bits per heavy atom. The quantitative estimate of drug-likeness (QED) is 0.794. The molecule has 0 atom stereocenters. The molecule has 0 bridgehead atoms. The van der Waals surface area contributed by atoms with Gasteiger partial charge in [0, 0.05) is 6.61 Å². The lowest BCUT2D eigenvalue weighted by Gasteiger charge is -2.27. The molecule has 16 heavy (non-hydrogen) atoms. The van der Waals surface area contributed by atoms with Gasteiger partial charge in [-0.25, -0.2) is 0 Å². The SMILES string of the molecule is CC1CCC(CCOC2CCNCC2)CC1. The molecule has 1 heterocycles. The molecular formula is C14H27NO. The van der Waals surface area contributed by atoms with Crippen LogP contribution in [0, 0.1) is 11.8 Å². The van der Waals surface area contributed by atoms with Gasteiger partial charge < -0.3 is 10.1 Å². The predicted octanol–water partition coefficient (Wildman–Crippen LogP) is 2.97. The van der Waals surface area contributed by atoms with Gasteiger partial charge in [-0.15, -0.1) is 0 Å². The van der Waals surface area contributed by atoms with E-state index in [4.69, 9.17) is 4.74 Å². The number of hydrogen-bond donors (Lipinski definition) is 1. The van der Waals surface area contributed by atoms with Crippen LogP contribution in [0.5, 0.6) is 0 Å². The molecule has 2 heteroatoms. The average molecular weight is 225 g/mol. The Morgan fingerprint density at radius 1 is 1.00 bits per heavy atom. The lowest BCUT2D eigenvalue weighted by Crippen LogP contribution is -2.32. The van der Waals surface area contributed by atoms with Crippen molar-refractivity contribution in [3.05, 3.63) is 0 Å². The highest BCUT2D eigenvalue weighted by Gasteiger charge is 2.19. The molecule has 2 nitrogen and oxygen atoms in total. The van der Waals surface area contributed by atoms with Crippen LogP contribution in [0.25, 0.3) is 0 Å². The molecule has 2 aliphatic rings. The summed E-state index contributed by atoms with van der Waals surface area (Å²) in [7, 11) is 0. The highest BCUT2D eigenvalue weighted by atomic mass is 16.5. The zero-order valence-electron chi connectivity index (χ0n) is 10.7. The molecule has 1 aliphatic heterocycles. The van der Waals surface area contributed by atoms with Gasteiger partial charge in [-0.3, -0.25) is 0 Å². The van der Waals surface area contributed by atoms with Gasteiger partial charge >= 0.3 is 0 Å². The molecule has 1 N–H and O–H groups in total. The topological polar surface area (TPSA) is 21.3 Å². The van der Waals surface area contributed by atoms with Crippen LogP contribution < -0.4 is 5.32 Å². The Balaban J connectivity index is 1.53. The highest BCUT2D eigenvalue weighted by Crippen LogP contribution is 2.30. The molecule has 0 aromatic heterocycles. The molecule has 0 aromatic rings. The summed E-state index contributed by atoms with van der Waals surface area (Å²) < 4.78 is 5.97. The van der Waals surface area contributed by atoms with Crippen LogP contribution in [-0.2, 0) is 4.74 Å². The molecule has 0 aromatic carbocycles. The number of rotatable bonds is 4.